The van der Waals surface area contributed by atoms with Crippen LogP contribution >= 0.6 is 0 Å². The molecule has 1 spiro atoms. The fourth-order valence-electron chi connectivity index (χ4n) is 6.02. The van der Waals surface area contributed by atoms with E-state index in [1.54, 1.807) is 19.0 Å². The van der Waals surface area contributed by atoms with E-state index < -0.39 is 0 Å². The van der Waals surface area contributed by atoms with Crippen molar-refractivity contribution in [3.63, 3.8) is 0 Å². The number of aromatic nitrogens is 1. The molecule has 1 aliphatic heterocycles. The first kappa shape index (κ1) is 26.7. The van der Waals surface area contributed by atoms with Crippen LogP contribution in [0.2, 0.25) is 0 Å². The lowest BCUT2D eigenvalue weighted by atomic mass is 9.70. The number of nitrogens with zero attached hydrogens (tertiary/aromatic N) is 3. The Morgan fingerprint density at radius 2 is 1.62 bits per heavy atom. The minimum Gasteiger partial charge on any atom is -0.347 e. The third kappa shape index (κ3) is 5.21. The third-order valence-corrected chi connectivity index (χ3v) is 8.05. The van der Waals surface area contributed by atoms with Crippen LogP contribution in [0.5, 0.6) is 0 Å². The molecule has 2 aliphatic rings. The van der Waals surface area contributed by atoms with Crippen LogP contribution < -0.4 is 10.6 Å². The first-order chi connectivity index (χ1) is 18.7. The van der Waals surface area contributed by atoms with E-state index in [0.29, 0.717) is 12.1 Å². The number of carbonyl (C=O) groups is 3. The second kappa shape index (κ2) is 10.7. The highest BCUT2D eigenvalue weighted by atomic mass is 16.2. The Kier molecular flexibility index (Phi) is 7.32. The summed E-state index contributed by atoms with van der Waals surface area (Å²) in [4.78, 5) is 41.0. The molecule has 1 saturated carbocycles. The molecule has 1 aliphatic carbocycles. The van der Waals surface area contributed by atoms with Gasteiger partial charge in [-0.1, -0.05) is 24.3 Å². The third-order valence-electron chi connectivity index (χ3n) is 8.05. The second-order valence-corrected chi connectivity index (χ2v) is 11.0. The highest BCUT2D eigenvalue weighted by Crippen LogP contribution is 2.50. The molecule has 3 aromatic rings. The van der Waals surface area contributed by atoms with E-state index in [0.717, 1.165) is 55.0 Å². The fourth-order valence-corrected chi connectivity index (χ4v) is 6.02. The van der Waals surface area contributed by atoms with Crippen LogP contribution in [0.1, 0.15) is 69.4 Å². The van der Waals surface area contributed by atoms with Gasteiger partial charge in [-0.25, -0.2) is 0 Å². The maximum absolute atomic E-state index is 13.3. The number of hydrogen-bond donors (Lipinski definition) is 2. The van der Waals surface area contributed by atoms with Gasteiger partial charge in [-0.2, -0.15) is 0 Å². The van der Waals surface area contributed by atoms with Gasteiger partial charge >= 0.3 is 0 Å². The number of anilines is 1. The predicted octanol–water partition coefficient (Wildman–Crippen LogP) is 4.28. The molecule has 0 atom stereocenters. The normalized spacial score (nSPS) is 15.8. The lowest BCUT2D eigenvalue weighted by Crippen LogP contribution is -2.56. The number of hydrogen-bond acceptors (Lipinski definition) is 4. The molecule has 0 bridgehead atoms. The minimum absolute atomic E-state index is 0.0104. The van der Waals surface area contributed by atoms with Gasteiger partial charge < -0.3 is 20.1 Å². The summed E-state index contributed by atoms with van der Waals surface area (Å²) in [5, 5.41) is 5.84. The summed E-state index contributed by atoms with van der Waals surface area (Å²) >= 11 is 0. The van der Waals surface area contributed by atoms with Gasteiger partial charge in [0.2, 0.25) is 5.91 Å². The number of aryl methyl sites for hydroxylation is 1. The first-order valence-electron chi connectivity index (χ1n) is 13.6. The molecule has 1 aromatic heterocycles. The zero-order valence-electron chi connectivity index (χ0n) is 23.2. The van der Waals surface area contributed by atoms with Crippen LogP contribution in [0, 0.1) is 6.92 Å². The van der Waals surface area contributed by atoms with Crippen molar-refractivity contribution in [2.75, 3.05) is 26.0 Å². The molecule has 2 N–H and O–H groups in total. The number of rotatable bonds is 7. The van der Waals surface area contributed by atoms with Crippen molar-refractivity contribution in [3.8, 4) is 0 Å². The lowest BCUT2D eigenvalue weighted by Gasteiger charge is -2.54. The highest BCUT2D eigenvalue weighted by molar-refractivity contribution is 5.94. The topological polar surface area (TPSA) is 86.7 Å². The quantitative estimate of drug-likeness (QED) is 0.480. The predicted molar refractivity (Wildman–Crippen MR) is 151 cm³/mol. The number of benzene rings is 2. The standard InChI is InChI=1S/C31H37N5O3/c1-21-18-27(29(38)32-19-23-8-12-26(13-9-23)33-22(2)37)36-17-16-35(31(28(21)36)14-5-15-31)20-24-6-10-25(11-7-24)30(39)34(3)4/h6-13,18H,5,14-17,19-20H2,1-4H3,(H,32,38)(H,33,37). The van der Waals surface area contributed by atoms with Crippen molar-refractivity contribution in [2.24, 2.45) is 0 Å². The van der Waals surface area contributed by atoms with Gasteiger partial charge in [0.15, 0.2) is 0 Å². The zero-order valence-corrected chi connectivity index (χ0v) is 23.2. The van der Waals surface area contributed by atoms with Gasteiger partial charge in [-0.3, -0.25) is 19.3 Å². The maximum Gasteiger partial charge on any atom is 0.268 e. The van der Waals surface area contributed by atoms with E-state index in [1.807, 2.05) is 42.5 Å². The minimum atomic E-state index is -0.110. The summed E-state index contributed by atoms with van der Waals surface area (Å²) < 4.78 is 2.24. The number of carbonyl (C=O) groups excluding carboxylic acids is 3. The van der Waals surface area contributed by atoms with Crippen LogP contribution in [0.3, 0.4) is 0 Å². The van der Waals surface area contributed by atoms with Crippen molar-refractivity contribution in [2.45, 2.75) is 58.3 Å². The van der Waals surface area contributed by atoms with Gasteiger partial charge in [0.1, 0.15) is 5.69 Å². The molecule has 5 rings (SSSR count). The van der Waals surface area contributed by atoms with Gasteiger partial charge in [0.05, 0.1) is 5.54 Å². The molecule has 0 saturated heterocycles. The van der Waals surface area contributed by atoms with Crippen molar-refractivity contribution in [1.29, 1.82) is 0 Å². The van der Waals surface area contributed by atoms with Crippen molar-refractivity contribution in [3.05, 3.63) is 88.2 Å². The molecule has 0 radical (unpaired) electrons. The summed E-state index contributed by atoms with van der Waals surface area (Å²) in [6.45, 7) is 6.46. The molecular formula is C31H37N5O3. The van der Waals surface area contributed by atoms with Crippen molar-refractivity contribution in [1.82, 2.24) is 19.7 Å². The lowest BCUT2D eigenvalue weighted by molar-refractivity contribution is -0.114. The van der Waals surface area contributed by atoms with Crippen LogP contribution in [0.15, 0.2) is 54.6 Å². The summed E-state index contributed by atoms with van der Waals surface area (Å²) in [6.07, 6.45) is 3.33. The first-order valence-corrected chi connectivity index (χ1v) is 13.6. The molecule has 3 amide bonds. The van der Waals surface area contributed by atoms with Crippen molar-refractivity contribution >= 4 is 23.4 Å². The summed E-state index contributed by atoms with van der Waals surface area (Å²) in [5.41, 5.74) is 6.69. The molecule has 0 unspecified atom stereocenters. The number of amides is 3. The largest absolute Gasteiger partial charge is 0.347 e. The van der Waals surface area contributed by atoms with E-state index in [-0.39, 0.29) is 23.3 Å². The smallest absolute Gasteiger partial charge is 0.268 e. The zero-order chi connectivity index (χ0) is 27.7. The molecule has 1 fully saturated rings. The van der Waals surface area contributed by atoms with Gasteiger partial charge in [-0.15, -0.1) is 0 Å². The van der Waals surface area contributed by atoms with E-state index in [1.165, 1.54) is 24.6 Å². The Labute approximate surface area is 230 Å². The fraction of sp³-hybridized carbons (Fsp3) is 0.387. The van der Waals surface area contributed by atoms with Crippen LogP contribution in [-0.2, 0) is 30.0 Å². The Morgan fingerprint density at radius 1 is 0.949 bits per heavy atom. The second-order valence-electron chi connectivity index (χ2n) is 11.0. The van der Waals surface area contributed by atoms with E-state index in [2.05, 4.69) is 39.2 Å². The van der Waals surface area contributed by atoms with Gasteiger partial charge in [0.25, 0.3) is 11.8 Å². The summed E-state index contributed by atoms with van der Waals surface area (Å²) in [7, 11) is 3.53. The number of fused-ring (bicyclic) bond motifs is 2. The SMILES string of the molecule is CC(=O)Nc1ccc(CNC(=O)c2cc(C)c3n2CCN(Cc2ccc(C(=O)N(C)C)cc2)C32CCC2)cc1. The van der Waals surface area contributed by atoms with Crippen molar-refractivity contribution < 1.29 is 14.4 Å². The Hall–Kier alpha value is -3.91. The molecule has 2 aromatic carbocycles. The molecular weight excluding hydrogens is 490 g/mol. The Bertz CT molecular complexity index is 1380. The van der Waals surface area contributed by atoms with E-state index in [9.17, 15) is 14.4 Å². The molecule has 39 heavy (non-hydrogen) atoms. The maximum atomic E-state index is 13.3. The van der Waals surface area contributed by atoms with Crippen LogP contribution in [0.25, 0.3) is 0 Å². The average Bonchev–Trinajstić information content (AvgIpc) is 3.23. The summed E-state index contributed by atoms with van der Waals surface area (Å²) in [5.74, 6) is -0.169. The molecule has 204 valence electrons. The number of nitrogens with one attached hydrogen (secondary N) is 2. The molecule has 8 nitrogen and oxygen atoms in total. The molecule has 8 heteroatoms. The van der Waals surface area contributed by atoms with Crippen LogP contribution in [-0.4, -0.2) is 52.7 Å². The van der Waals surface area contributed by atoms with E-state index in [4.69, 9.17) is 0 Å². The average molecular weight is 528 g/mol. The summed E-state index contributed by atoms with van der Waals surface area (Å²) in [6, 6.07) is 17.5. The van der Waals surface area contributed by atoms with Crippen LogP contribution in [0.4, 0.5) is 5.69 Å². The monoisotopic (exact) mass is 527 g/mol. The molecule has 2 heterocycles. The Balaban J connectivity index is 1.30. The van der Waals surface area contributed by atoms with Gasteiger partial charge in [-0.05, 0) is 73.2 Å². The van der Waals surface area contributed by atoms with Gasteiger partial charge in [0, 0.05) is 64.1 Å². The van der Waals surface area contributed by atoms with E-state index >= 15 is 0 Å². The Morgan fingerprint density at radius 3 is 2.21 bits per heavy atom. The highest BCUT2D eigenvalue weighted by Gasteiger charge is 2.49.